The van der Waals surface area contributed by atoms with Crippen molar-refractivity contribution in [2.45, 2.75) is 11.8 Å². The molecule has 0 saturated heterocycles. The van der Waals surface area contributed by atoms with E-state index in [4.69, 9.17) is 4.74 Å². The summed E-state index contributed by atoms with van der Waals surface area (Å²) < 4.78 is 30.0. The summed E-state index contributed by atoms with van der Waals surface area (Å²) in [7, 11) is 0. The maximum absolute atomic E-state index is 13.2. The Balaban J connectivity index is 2.59. The second-order valence-electron chi connectivity index (χ2n) is 2.79. The van der Waals surface area contributed by atoms with Crippen molar-refractivity contribution in [2.75, 3.05) is 13.3 Å². The molecular formula is C10H11BrF2O. The summed E-state index contributed by atoms with van der Waals surface area (Å²) in [4.78, 5) is 0. The number of hydrogen-bond donors (Lipinski definition) is 0. The van der Waals surface area contributed by atoms with Gasteiger partial charge in [-0.05, 0) is 17.7 Å². The molecule has 1 aromatic rings. The fraction of sp³-hybridized carbons (Fsp3) is 0.400. The Bertz CT molecular complexity index is 291. The molecule has 0 unspecified atom stereocenters. The van der Waals surface area contributed by atoms with Gasteiger partial charge in [0.1, 0.15) is 0 Å². The molecule has 0 atom stereocenters. The second kappa shape index (κ2) is 5.96. The Morgan fingerprint density at radius 2 is 2.14 bits per heavy atom. The lowest BCUT2D eigenvalue weighted by atomic mass is 10.2. The van der Waals surface area contributed by atoms with Crippen LogP contribution in [0.5, 0.6) is 5.75 Å². The van der Waals surface area contributed by atoms with Crippen molar-refractivity contribution in [3.05, 3.63) is 29.6 Å². The Kier molecular flexibility index (Phi) is 4.87. The molecule has 0 radical (unpaired) electrons. The molecule has 14 heavy (non-hydrogen) atoms. The Hall–Kier alpha value is -0.640. The minimum Gasteiger partial charge on any atom is -0.490 e. The van der Waals surface area contributed by atoms with Crippen molar-refractivity contribution in [2.24, 2.45) is 0 Å². The maximum Gasteiger partial charge on any atom is 0.165 e. The molecule has 0 bridgehead atoms. The van der Waals surface area contributed by atoms with Gasteiger partial charge in [0, 0.05) is 11.8 Å². The van der Waals surface area contributed by atoms with E-state index in [9.17, 15) is 8.78 Å². The lowest BCUT2D eigenvalue weighted by molar-refractivity contribution is 0.277. The van der Waals surface area contributed by atoms with Crippen molar-refractivity contribution >= 4 is 15.9 Å². The molecule has 0 aromatic heterocycles. The summed E-state index contributed by atoms with van der Waals surface area (Å²) in [5.74, 6) is -0.219. The highest BCUT2D eigenvalue weighted by Crippen LogP contribution is 2.19. The standard InChI is InChI=1S/C10H11BrF2O/c11-7-8-2-3-10(9(13)6-8)14-5-1-4-12/h2-3,6H,1,4-5,7H2. The first-order valence-corrected chi connectivity index (χ1v) is 5.43. The zero-order valence-electron chi connectivity index (χ0n) is 7.60. The molecule has 0 amide bonds. The fourth-order valence-electron chi connectivity index (χ4n) is 0.981. The second-order valence-corrected chi connectivity index (χ2v) is 3.35. The molecule has 0 aliphatic rings. The first-order chi connectivity index (χ1) is 6.77. The molecule has 0 fully saturated rings. The summed E-state index contributed by atoms with van der Waals surface area (Å²) >= 11 is 3.22. The van der Waals surface area contributed by atoms with Gasteiger partial charge in [-0.3, -0.25) is 4.39 Å². The van der Waals surface area contributed by atoms with Crippen molar-refractivity contribution in [3.8, 4) is 5.75 Å². The van der Waals surface area contributed by atoms with Gasteiger partial charge < -0.3 is 4.74 Å². The van der Waals surface area contributed by atoms with E-state index in [0.717, 1.165) is 5.56 Å². The van der Waals surface area contributed by atoms with E-state index in [0.29, 0.717) is 11.8 Å². The van der Waals surface area contributed by atoms with Crippen LogP contribution in [-0.4, -0.2) is 13.3 Å². The predicted octanol–water partition coefficient (Wildman–Crippen LogP) is 3.46. The minimum absolute atomic E-state index is 0.183. The van der Waals surface area contributed by atoms with Crippen molar-refractivity contribution in [1.29, 1.82) is 0 Å². The normalized spacial score (nSPS) is 10.2. The Labute approximate surface area is 90.2 Å². The van der Waals surface area contributed by atoms with E-state index in [1.165, 1.54) is 6.07 Å². The number of ether oxygens (including phenoxy) is 1. The molecule has 0 heterocycles. The third-order valence-corrected chi connectivity index (χ3v) is 2.33. The molecular weight excluding hydrogens is 254 g/mol. The van der Waals surface area contributed by atoms with Gasteiger partial charge in [-0.2, -0.15) is 0 Å². The fourth-order valence-corrected chi connectivity index (χ4v) is 1.33. The smallest absolute Gasteiger partial charge is 0.165 e. The van der Waals surface area contributed by atoms with Crippen molar-refractivity contribution in [1.82, 2.24) is 0 Å². The Morgan fingerprint density at radius 1 is 1.36 bits per heavy atom. The van der Waals surface area contributed by atoms with Crippen LogP contribution in [0.4, 0.5) is 8.78 Å². The zero-order chi connectivity index (χ0) is 10.4. The van der Waals surface area contributed by atoms with E-state index < -0.39 is 12.5 Å². The van der Waals surface area contributed by atoms with Crippen LogP contribution in [0.1, 0.15) is 12.0 Å². The number of alkyl halides is 2. The highest BCUT2D eigenvalue weighted by atomic mass is 79.9. The van der Waals surface area contributed by atoms with Gasteiger partial charge in [0.15, 0.2) is 11.6 Å². The first kappa shape index (κ1) is 11.4. The third kappa shape index (κ3) is 3.25. The Morgan fingerprint density at radius 3 is 2.71 bits per heavy atom. The lowest BCUT2D eigenvalue weighted by Crippen LogP contribution is -2.00. The van der Waals surface area contributed by atoms with Crippen LogP contribution in [0.15, 0.2) is 18.2 Å². The van der Waals surface area contributed by atoms with Crippen LogP contribution in [0.2, 0.25) is 0 Å². The van der Waals surface area contributed by atoms with Crippen LogP contribution in [0.25, 0.3) is 0 Å². The van der Waals surface area contributed by atoms with Gasteiger partial charge in [0.2, 0.25) is 0 Å². The van der Waals surface area contributed by atoms with Gasteiger partial charge in [0.05, 0.1) is 13.3 Å². The topological polar surface area (TPSA) is 9.23 Å². The van der Waals surface area contributed by atoms with E-state index in [1.807, 2.05) is 0 Å². The quantitative estimate of drug-likeness (QED) is 0.585. The van der Waals surface area contributed by atoms with E-state index in [1.54, 1.807) is 12.1 Å². The molecule has 0 saturated carbocycles. The van der Waals surface area contributed by atoms with Crippen LogP contribution in [0, 0.1) is 5.82 Å². The van der Waals surface area contributed by atoms with Gasteiger partial charge in [-0.15, -0.1) is 0 Å². The molecule has 1 rings (SSSR count). The molecule has 0 aliphatic heterocycles. The molecule has 0 N–H and O–H groups in total. The monoisotopic (exact) mass is 264 g/mol. The van der Waals surface area contributed by atoms with E-state index in [2.05, 4.69) is 15.9 Å². The summed E-state index contributed by atoms with van der Waals surface area (Å²) in [5.41, 5.74) is 0.848. The van der Waals surface area contributed by atoms with Gasteiger partial charge in [-0.1, -0.05) is 22.0 Å². The molecule has 0 aliphatic carbocycles. The van der Waals surface area contributed by atoms with Crippen LogP contribution < -0.4 is 4.74 Å². The number of rotatable bonds is 5. The summed E-state index contributed by atoms with van der Waals surface area (Å²) in [6.45, 7) is -0.234. The summed E-state index contributed by atoms with van der Waals surface area (Å²) in [5, 5.41) is 0.606. The number of halogens is 3. The highest BCUT2D eigenvalue weighted by molar-refractivity contribution is 9.08. The zero-order valence-corrected chi connectivity index (χ0v) is 9.19. The average Bonchev–Trinajstić information content (AvgIpc) is 2.20. The van der Waals surface area contributed by atoms with Crippen molar-refractivity contribution < 1.29 is 13.5 Å². The van der Waals surface area contributed by atoms with E-state index in [-0.39, 0.29) is 12.4 Å². The molecule has 1 aromatic carbocycles. The van der Waals surface area contributed by atoms with Gasteiger partial charge in [0.25, 0.3) is 0 Å². The van der Waals surface area contributed by atoms with Crippen molar-refractivity contribution in [3.63, 3.8) is 0 Å². The molecule has 4 heteroatoms. The first-order valence-electron chi connectivity index (χ1n) is 4.31. The number of hydrogen-bond acceptors (Lipinski definition) is 1. The van der Waals surface area contributed by atoms with Gasteiger partial charge >= 0.3 is 0 Å². The van der Waals surface area contributed by atoms with E-state index >= 15 is 0 Å². The largest absolute Gasteiger partial charge is 0.490 e. The minimum atomic E-state index is -0.443. The van der Waals surface area contributed by atoms with Gasteiger partial charge in [-0.25, -0.2) is 4.39 Å². The van der Waals surface area contributed by atoms with Crippen LogP contribution in [0.3, 0.4) is 0 Å². The van der Waals surface area contributed by atoms with Crippen LogP contribution >= 0.6 is 15.9 Å². The average molecular weight is 265 g/mol. The maximum atomic E-state index is 13.2. The highest BCUT2D eigenvalue weighted by Gasteiger charge is 2.03. The molecule has 0 spiro atoms. The SMILES string of the molecule is FCCCOc1ccc(CBr)cc1F. The summed E-state index contributed by atoms with van der Waals surface area (Å²) in [6, 6.07) is 4.73. The molecule has 1 nitrogen and oxygen atoms in total. The lowest BCUT2D eigenvalue weighted by Gasteiger charge is -2.06. The predicted molar refractivity (Wildman–Crippen MR) is 55.1 cm³/mol. The third-order valence-electron chi connectivity index (χ3n) is 1.69. The number of benzene rings is 1. The van der Waals surface area contributed by atoms with Crippen LogP contribution in [-0.2, 0) is 5.33 Å². The summed E-state index contributed by atoms with van der Waals surface area (Å²) in [6.07, 6.45) is 0.291. The molecule has 78 valence electrons.